The number of hydrogen-bond donors (Lipinski definition) is 1. The molecule has 0 aliphatic carbocycles. The molecule has 1 aromatic carbocycles. The monoisotopic (exact) mass is 273 g/mol. The first-order valence-corrected chi connectivity index (χ1v) is 5.55. The summed E-state index contributed by atoms with van der Waals surface area (Å²) < 4.78 is 11.1. The van der Waals surface area contributed by atoms with Crippen molar-refractivity contribution in [1.82, 2.24) is 0 Å². The van der Waals surface area contributed by atoms with Crippen molar-refractivity contribution >= 4 is 21.6 Å². The van der Waals surface area contributed by atoms with E-state index in [4.69, 9.17) is 9.47 Å². The number of anilines is 1. The van der Waals surface area contributed by atoms with Gasteiger partial charge in [0.1, 0.15) is 5.75 Å². The van der Waals surface area contributed by atoms with Gasteiger partial charge in [-0.05, 0) is 41.1 Å². The molecule has 0 fully saturated rings. The lowest BCUT2D eigenvalue weighted by Gasteiger charge is -2.15. The van der Waals surface area contributed by atoms with Gasteiger partial charge in [0.25, 0.3) is 0 Å². The van der Waals surface area contributed by atoms with Crippen LogP contribution in [0, 0.1) is 0 Å². The maximum absolute atomic E-state index is 5.15. The van der Waals surface area contributed by atoms with E-state index in [-0.39, 0.29) is 6.04 Å². The van der Waals surface area contributed by atoms with E-state index in [1.54, 1.807) is 14.2 Å². The second kappa shape index (κ2) is 5.98. The van der Waals surface area contributed by atoms with Crippen molar-refractivity contribution in [2.75, 3.05) is 26.1 Å². The second-order valence-corrected chi connectivity index (χ2v) is 4.20. The Balaban J connectivity index is 2.66. The normalized spacial score (nSPS) is 12.3. The van der Waals surface area contributed by atoms with E-state index in [9.17, 15) is 0 Å². The van der Waals surface area contributed by atoms with Gasteiger partial charge in [-0.25, -0.2) is 0 Å². The Morgan fingerprint density at radius 1 is 1.40 bits per heavy atom. The van der Waals surface area contributed by atoms with Gasteiger partial charge in [-0.15, -0.1) is 0 Å². The Morgan fingerprint density at radius 2 is 2.13 bits per heavy atom. The predicted molar refractivity (Wildman–Crippen MR) is 65.7 cm³/mol. The number of halogens is 1. The summed E-state index contributed by atoms with van der Waals surface area (Å²) in [4.78, 5) is 0. The van der Waals surface area contributed by atoms with Crippen LogP contribution in [-0.4, -0.2) is 26.9 Å². The van der Waals surface area contributed by atoms with Gasteiger partial charge < -0.3 is 14.8 Å². The van der Waals surface area contributed by atoms with Crippen LogP contribution in [0.15, 0.2) is 22.7 Å². The van der Waals surface area contributed by atoms with Crippen molar-refractivity contribution < 1.29 is 9.47 Å². The van der Waals surface area contributed by atoms with E-state index in [0.717, 1.165) is 15.9 Å². The van der Waals surface area contributed by atoms with Gasteiger partial charge in [0.2, 0.25) is 0 Å². The molecule has 0 saturated carbocycles. The van der Waals surface area contributed by atoms with E-state index in [1.165, 1.54) is 0 Å². The zero-order chi connectivity index (χ0) is 11.3. The fourth-order valence-electron chi connectivity index (χ4n) is 1.33. The van der Waals surface area contributed by atoms with Crippen LogP contribution in [0.25, 0.3) is 0 Å². The summed E-state index contributed by atoms with van der Waals surface area (Å²) in [5, 5.41) is 3.32. The summed E-state index contributed by atoms with van der Waals surface area (Å²) in [6.07, 6.45) is 0. The number of ether oxygens (including phenoxy) is 2. The van der Waals surface area contributed by atoms with E-state index in [2.05, 4.69) is 28.2 Å². The number of nitrogens with one attached hydrogen (secondary N) is 1. The molecule has 0 radical (unpaired) electrons. The first-order valence-electron chi connectivity index (χ1n) is 4.76. The molecule has 0 aliphatic heterocycles. The Morgan fingerprint density at radius 3 is 2.67 bits per heavy atom. The zero-order valence-electron chi connectivity index (χ0n) is 9.21. The standard InChI is InChI=1S/C11H16BrNO2/c1-8(7-14-2)13-9-4-5-11(15-3)10(12)6-9/h4-6,8,13H,7H2,1-3H3. The van der Waals surface area contributed by atoms with Gasteiger partial charge in [0, 0.05) is 18.8 Å². The van der Waals surface area contributed by atoms with Gasteiger partial charge >= 0.3 is 0 Å². The molecule has 0 heterocycles. The molecule has 1 atom stereocenters. The minimum Gasteiger partial charge on any atom is -0.496 e. The van der Waals surface area contributed by atoms with Crippen LogP contribution in [0.5, 0.6) is 5.75 Å². The highest BCUT2D eigenvalue weighted by atomic mass is 79.9. The Bertz CT molecular complexity index is 317. The highest BCUT2D eigenvalue weighted by Crippen LogP contribution is 2.27. The predicted octanol–water partition coefficient (Wildman–Crippen LogP) is 2.90. The topological polar surface area (TPSA) is 30.5 Å². The van der Waals surface area contributed by atoms with E-state index in [0.29, 0.717) is 6.61 Å². The quantitative estimate of drug-likeness (QED) is 0.895. The van der Waals surface area contributed by atoms with Crippen LogP contribution in [0.4, 0.5) is 5.69 Å². The molecular formula is C11H16BrNO2. The minimum absolute atomic E-state index is 0.287. The molecule has 0 spiro atoms. The summed E-state index contributed by atoms with van der Waals surface area (Å²) in [5.74, 6) is 0.833. The summed E-state index contributed by atoms with van der Waals surface area (Å²) in [6.45, 7) is 2.76. The minimum atomic E-state index is 0.287. The molecule has 1 rings (SSSR count). The molecule has 4 heteroatoms. The van der Waals surface area contributed by atoms with E-state index < -0.39 is 0 Å². The molecule has 0 aliphatic rings. The zero-order valence-corrected chi connectivity index (χ0v) is 10.8. The molecule has 0 bridgehead atoms. The number of methoxy groups -OCH3 is 2. The largest absolute Gasteiger partial charge is 0.496 e. The van der Waals surface area contributed by atoms with E-state index in [1.807, 2.05) is 18.2 Å². The first-order chi connectivity index (χ1) is 7.17. The van der Waals surface area contributed by atoms with Crippen LogP contribution < -0.4 is 10.1 Å². The molecular weight excluding hydrogens is 258 g/mol. The lowest BCUT2D eigenvalue weighted by Crippen LogP contribution is -2.20. The van der Waals surface area contributed by atoms with Gasteiger partial charge in [-0.3, -0.25) is 0 Å². The Labute approximate surface area is 98.9 Å². The fraction of sp³-hybridized carbons (Fsp3) is 0.455. The summed E-state index contributed by atoms with van der Waals surface area (Å²) in [7, 11) is 3.35. The Kier molecular flexibility index (Phi) is 4.91. The molecule has 1 unspecified atom stereocenters. The van der Waals surface area contributed by atoms with Crippen molar-refractivity contribution in [3.05, 3.63) is 22.7 Å². The lowest BCUT2D eigenvalue weighted by molar-refractivity contribution is 0.190. The van der Waals surface area contributed by atoms with Gasteiger partial charge in [0.05, 0.1) is 18.2 Å². The summed E-state index contributed by atoms with van der Waals surface area (Å²) in [6, 6.07) is 6.18. The number of hydrogen-bond acceptors (Lipinski definition) is 3. The average molecular weight is 274 g/mol. The average Bonchev–Trinajstić information content (AvgIpc) is 2.18. The molecule has 15 heavy (non-hydrogen) atoms. The Hall–Kier alpha value is -0.740. The fourth-order valence-corrected chi connectivity index (χ4v) is 1.87. The molecule has 84 valence electrons. The maximum Gasteiger partial charge on any atom is 0.133 e. The molecule has 0 saturated heterocycles. The second-order valence-electron chi connectivity index (χ2n) is 3.35. The van der Waals surface area contributed by atoms with Gasteiger partial charge in [-0.2, -0.15) is 0 Å². The van der Waals surface area contributed by atoms with Crippen molar-refractivity contribution in [3.63, 3.8) is 0 Å². The van der Waals surface area contributed by atoms with Gasteiger partial charge in [0.15, 0.2) is 0 Å². The number of benzene rings is 1. The maximum atomic E-state index is 5.15. The molecule has 1 N–H and O–H groups in total. The highest BCUT2D eigenvalue weighted by molar-refractivity contribution is 9.10. The van der Waals surface area contributed by atoms with E-state index >= 15 is 0 Å². The van der Waals surface area contributed by atoms with Crippen molar-refractivity contribution in [1.29, 1.82) is 0 Å². The first kappa shape index (κ1) is 12.3. The van der Waals surface area contributed by atoms with Crippen molar-refractivity contribution in [2.24, 2.45) is 0 Å². The number of rotatable bonds is 5. The van der Waals surface area contributed by atoms with Crippen LogP contribution in [0.1, 0.15) is 6.92 Å². The van der Waals surface area contributed by atoms with Crippen molar-refractivity contribution in [2.45, 2.75) is 13.0 Å². The van der Waals surface area contributed by atoms with Crippen LogP contribution in [0.2, 0.25) is 0 Å². The summed E-state index contributed by atoms with van der Waals surface area (Å²) in [5.41, 5.74) is 1.05. The smallest absolute Gasteiger partial charge is 0.133 e. The molecule has 1 aromatic rings. The third kappa shape index (κ3) is 3.72. The molecule has 3 nitrogen and oxygen atoms in total. The molecule has 0 aromatic heterocycles. The van der Waals surface area contributed by atoms with Crippen LogP contribution in [-0.2, 0) is 4.74 Å². The third-order valence-corrected chi connectivity index (χ3v) is 2.60. The van der Waals surface area contributed by atoms with Gasteiger partial charge in [-0.1, -0.05) is 0 Å². The SMILES string of the molecule is COCC(C)Nc1ccc(OC)c(Br)c1. The van der Waals surface area contributed by atoms with Crippen LogP contribution >= 0.6 is 15.9 Å². The third-order valence-electron chi connectivity index (χ3n) is 1.98. The van der Waals surface area contributed by atoms with Crippen LogP contribution in [0.3, 0.4) is 0 Å². The highest BCUT2D eigenvalue weighted by Gasteiger charge is 2.04. The lowest BCUT2D eigenvalue weighted by atomic mass is 10.2. The molecule has 0 amide bonds. The van der Waals surface area contributed by atoms with Crippen molar-refractivity contribution in [3.8, 4) is 5.75 Å². The summed E-state index contributed by atoms with van der Waals surface area (Å²) >= 11 is 3.44.